The van der Waals surface area contributed by atoms with Crippen LogP contribution < -0.4 is 11.0 Å². The number of hydrogen-bond acceptors (Lipinski definition) is 3. The molecule has 6 nitrogen and oxygen atoms in total. The van der Waals surface area contributed by atoms with Crippen molar-refractivity contribution in [1.82, 2.24) is 14.1 Å². The molecule has 0 atom stereocenters. The van der Waals surface area contributed by atoms with Crippen LogP contribution in [0.25, 0.3) is 10.9 Å². The Bertz CT molecular complexity index is 1320. The Morgan fingerprint density at radius 3 is 2.60 bits per heavy atom. The molecule has 0 spiro atoms. The quantitative estimate of drug-likeness (QED) is 0.519. The van der Waals surface area contributed by atoms with Crippen molar-refractivity contribution in [1.29, 1.82) is 0 Å². The fourth-order valence-electron chi connectivity index (χ4n) is 3.38. The van der Waals surface area contributed by atoms with Gasteiger partial charge in [-0.3, -0.25) is 14.2 Å². The lowest BCUT2D eigenvalue weighted by Crippen LogP contribution is -2.24. The Kier molecular flexibility index (Phi) is 5.66. The van der Waals surface area contributed by atoms with Crippen molar-refractivity contribution < 1.29 is 4.79 Å². The number of benzene rings is 2. The molecule has 0 aliphatic heterocycles. The predicted molar refractivity (Wildman–Crippen MR) is 116 cm³/mol. The summed E-state index contributed by atoms with van der Waals surface area (Å²) in [5.74, 6) is -0.278. The molecule has 4 aromatic rings. The number of carbonyl (C=O) groups excluding carboxylic acids is 1. The minimum Gasteiger partial charge on any atom is -0.329 e. The van der Waals surface area contributed by atoms with Gasteiger partial charge in [-0.05, 0) is 36.2 Å². The van der Waals surface area contributed by atoms with Crippen molar-refractivity contribution in [2.45, 2.75) is 26.4 Å². The maximum Gasteiger partial charge on any atom is 0.261 e. The maximum absolute atomic E-state index is 12.7. The molecular formula is C24H22N4O2. The zero-order valence-corrected chi connectivity index (χ0v) is 16.7. The van der Waals surface area contributed by atoms with E-state index in [9.17, 15) is 9.59 Å². The topological polar surface area (TPSA) is 69.2 Å². The number of rotatable bonds is 5. The lowest BCUT2D eigenvalue weighted by atomic mass is 10.1. The van der Waals surface area contributed by atoms with E-state index in [-0.39, 0.29) is 24.4 Å². The number of fused-ring (bicyclic) bond motifs is 1. The number of aromatic nitrogens is 3. The van der Waals surface area contributed by atoms with Crippen LogP contribution in [-0.2, 0) is 17.9 Å². The maximum atomic E-state index is 12.7. The van der Waals surface area contributed by atoms with Gasteiger partial charge in [0.2, 0.25) is 5.91 Å². The molecule has 2 aromatic heterocycles. The van der Waals surface area contributed by atoms with Crippen molar-refractivity contribution in [3.8, 4) is 0 Å². The molecule has 1 amide bonds. The molecule has 2 heterocycles. The van der Waals surface area contributed by atoms with Crippen molar-refractivity contribution >= 4 is 16.8 Å². The number of para-hydroxylation sites is 1. The summed E-state index contributed by atoms with van der Waals surface area (Å²) in [5.41, 5.74) is 3.22. The summed E-state index contributed by atoms with van der Waals surface area (Å²) in [5, 5.41) is 0.561. The van der Waals surface area contributed by atoms with Gasteiger partial charge in [0.15, 0.2) is 0 Å². The minimum absolute atomic E-state index is 0.124. The van der Waals surface area contributed by atoms with Gasteiger partial charge in [-0.15, -0.1) is 0 Å². The highest BCUT2D eigenvalue weighted by atomic mass is 16.1. The molecule has 0 bridgehead atoms. The Hall–Kier alpha value is -3.80. The van der Waals surface area contributed by atoms with Gasteiger partial charge >= 0.3 is 0 Å². The van der Waals surface area contributed by atoms with E-state index in [4.69, 9.17) is 0 Å². The monoisotopic (exact) mass is 398 g/mol. The predicted octanol–water partition coefficient (Wildman–Crippen LogP) is 3.07. The van der Waals surface area contributed by atoms with E-state index in [1.54, 1.807) is 6.07 Å². The van der Waals surface area contributed by atoms with Crippen molar-refractivity contribution in [3.05, 3.63) is 106 Å². The molecule has 0 N–H and O–H groups in total. The summed E-state index contributed by atoms with van der Waals surface area (Å²) in [4.78, 5) is 33.8. The zero-order chi connectivity index (χ0) is 20.9. The molecule has 150 valence electrons. The summed E-state index contributed by atoms with van der Waals surface area (Å²) in [6.45, 7) is 2.79. The largest absolute Gasteiger partial charge is 0.329 e. The number of carbonyl (C=O) groups is 1. The first-order valence-corrected chi connectivity index (χ1v) is 9.83. The Labute approximate surface area is 173 Å². The van der Waals surface area contributed by atoms with Gasteiger partial charge in [-0.1, -0.05) is 48.5 Å². The highest BCUT2D eigenvalue weighted by molar-refractivity contribution is 5.80. The molecule has 2 aromatic carbocycles. The molecule has 0 saturated carbocycles. The molecule has 0 aliphatic carbocycles. The second-order valence-corrected chi connectivity index (χ2v) is 7.14. The lowest BCUT2D eigenvalue weighted by molar-refractivity contribution is -0.118. The first-order valence-electron chi connectivity index (χ1n) is 9.83. The number of hydrogen-bond donors (Lipinski definition) is 0. The zero-order valence-electron chi connectivity index (χ0n) is 16.7. The van der Waals surface area contributed by atoms with Crippen LogP contribution in [0.15, 0.2) is 89.0 Å². The lowest BCUT2D eigenvalue weighted by Gasteiger charge is -2.08. The Morgan fingerprint density at radius 1 is 0.967 bits per heavy atom. The number of amides is 1. The van der Waals surface area contributed by atoms with Gasteiger partial charge in [0, 0.05) is 25.7 Å². The van der Waals surface area contributed by atoms with Crippen LogP contribution in [0.3, 0.4) is 0 Å². The fraction of sp³-hybridized carbons (Fsp3) is 0.167. The van der Waals surface area contributed by atoms with Crippen LogP contribution >= 0.6 is 0 Å². The Balaban J connectivity index is 1.53. The molecule has 0 saturated heterocycles. The standard InChI is InChI=1S/C24H22N4O2/c1-18-8-7-11-20-23(18)25-17-28(24(20)30)15-13-22(29)26-21-12-5-6-14-27(21)16-19-9-3-2-4-10-19/h2-12,14,17H,13,15-16H2,1H3. The molecular weight excluding hydrogens is 376 g/mol. The van der Waals surface area contributed by atoms with E-state index in [1.165, 1.54) is 10.9 Å². The van der Waals surface area contributed by atoms with Crippen LogP contribution in [0.2, 0.25) is 0 Å². The number of aryl methyl sites for hydroxylation is 2. The first-order chi connectivity index (χ1) is 14.6. The van der Waals surface area contributed by atoms with Crippen molar-refractivity contribution in [3.63, 3.8) is 0 Å². The molecule has 30 heavy (non-hydrogen) atoms. The number of nitrogens with zero attached hydrogens (tertiary/aromatic N) is 4. The average Bonchev–Trinajstić information content (AvgIpc) is 2.76. The second kappa shape index (κ2) is 8.69. The molecule has 6 heteroatoms. The highest BCUT2D eigenvalue weighted by Gasteiger charge is 2.08. The minimum atomic E-state index is -0.278. The summed E-state index contributed by atoms with van der Waals surface area (Å²) in [6, 6.07) is 21.1. The fourth-order valence-corrected chi connectivity index (χ4v) is 3.38. The third-order valence-corrected chi connectivity index (χ3v) is 4.97. The van der Waals surface area contributed by atoms with Crippen molar-refractivity contribution in [2.24, 2.45) is 4.99 Å². The third-order valence-electron chi connectivity index (χ3n) is 4.97. The van der Waals surface area contributed by atoms with Gasteiger partial charge in [0.25, 0.3) is 5.56 Å². The van der Waals surface area contributed by atoms with E-state index in [2.05, 4.69) is 9.98 Å². The van der Waals surface area contributed by atoms with E-state index >= 15 is 0 Å². The van der Waals surface area contributed by atoms with Crippen LogP contribution in [0.1, 0.15) is 17.5 Å². The van der Waals surface area contributed by atoms with Crippen LogP contribution in [0.5, 0.6) is 0 Å². The normalized spacial score (nSPS) is 11.7. The number of pyridine rings is 1. The summed E-state index contributed by atoms with van der Waals surface area (Å²) < 4.78 is 3.40. The Morgan fingerprint density at radius 2 is 1.77 bits per heavy atom. The van der Waals surface area contributed by atoms with Crippen molar-refractivity contribution in [2.75, 3.05) is 0 Å². The summed E-state index contributed by atoms with van der Waals surface area (Å²) in [7, 11) is 0. The smallest absolute Gasteiger partial charge is 0.261 e. The highest BCUT2D eigenvalue weighted by Crippen LogP contribution is 2.11. The summed E-state index contributed by atoms with van der Waals surface area (Å²) >= 11 is 0. The molecule has 0 unspecified atom stereocenters. The van der Waals surface area contributed by atoms with Crippen LogP contribution in [0, 0.1) is 6.92 Å². The molecule has 0 aliphatic rings. The SMILES string of the molecule is Cc1cccc2c(=O)n(CCC(=O)N=c3ccccn3Cc3ccccc3)cnc12. The third kappa shape index (κ3) is 4.27. The van der Waals surface area contributed by atoms with Gasteiger partial charge in [0.1, 0.15) is 5.49 Å². The van der Waals surface area contributed by atoms with Crippen LogP contribution in [-0.4, -0.2) is 20.0 Å². The van der Waals surface area contributed by atoms with Gasteiger partial charge in [0.05, 0.1) is 17.2 Å². The van der Waals surface area contributed by atoms with E-state index in [1.807, 2.05) is 78.4 Å². The summed E-state index contributed by atoms with van der Waals surface area (Å²) in [6.07, 6.45) is 3.53. The molecule has 0 radical (unpaired) electrons. The van der Waals surface area contributed by atoms with E-state index < -0.39 is 0 Å². The first kappa shape index (κ1) is 19.5. The average molecular weight is 398 g/mol. The van der Waals surface area contributed by atoms with E-state index in [0.29, 0.717) is 22.9 Å². The van der Waals surface area contributed by atoms with Gasteiger partial charge in [-0.2, -0.15) is 4.99 Å². The molecule has 0 fully saturated rings. The van der Waals surface area contributed by atoms with Gasteiger partial charge in [-0.25, -0.2) is 4.98 Å². The van der Waals surface area contributed by atoms with Gasteiger partial charge < -0.3 is 4.57 Å². The molecule has 4 rings (SSSR count). The van der Waals surface area contributed by atoms with E-state index in [0.717, 1.165) is 11.1 Å². The van der Waals surface area contributed by atoms with Crippen LogP contribution in [0.4, 0.5) is 0 Å². The second-order valence-electron chi connectivity index (χ2n) is 7.14.